The topological polar surface area (TPSA) is 42.7 Å². The van der Waals surface area contributed by atoms with Crippen molar-refractivity contribution in [1.29, 1.82) is 0 Å². The molecule has 2 aromatic heterocycles. The average molecular weight is 264 g/mol. The minimum absolute atomic E-state index is 0.547. The number of thiophene rings is 1. The van der Waals surface area contributed by atoms with Crippen molar-refractivity contribution in [1.82, 2.24) is 20.1 Å². The lowest BCUT2D eigenvalue weighted by molar-refractivity contribution is 0.558. The molecule has 2 heterocycles. The molecule has 0 fully saturated rings. The Morgan fingerprint density at radius 3 is 2.94 bits per heavy atom. The summed E-state index contributed by atoms with van der Waals surface area (Å²) in [6.07, 6.45) is 2.06. The van der Waals surface area contributed by atoms with Gasteiger partial charge in [0.1, 0.15) is 5.82 Å². The van der Waals surface area contributed by atoms with Gasteiger partial charge in [-0.25, -0.2) is 4.98 Å². The summed E-state index contributed by atoms with van der Waals surface area (Å²) in [6.45, 7) is 5.35. The highest BCUT2D eigenvalue weighted by molar-refractivity contribution is 7.13. The molecule has 0 unspecified atom stereocenters. The third-order valence-electron chi connectivity index (χ3n) is 2.72. The smallest absolute Gasteiger partial charge is 0.191 e. The van der Waals surface area contributed by atoms with E-state index in [1.54, 1.807) is 11.3 Å². The number of aromatic nitrogens is 3. The first-order chi connectivity index (χ1) is 8.66. The quantitative estimate of drug-likeness (QED) is 0.815. The molecular formula is C13H20N4S. The molecule has 0 saturated heterocycles. The number of nitrogens with zero attached hydrogens (tertiary/aromatic N) is 3. The summed E-state index contributed by atoms with van der Waals surface area (Å²) in [5.41, 5.74) is 0. The van der Waals surface area contributed by atoms with Gasteiger partial charge in [-0.1, -0.05) is 19.9 Å². The van der Waals surface area contributed by atoms with Gasteiger partial charge in [-0.3, -0.25) is 4.68 Å². The van der Waals surface area contributed by atoms with Crippen LogP contribution in [0, 0.1) is 0 Å². The monoisotopic (exact) mass is 264 g/mol. The SMILES string of the molecule is CC(C)NCCCc1nc(-c2cccs2)nn1C. The number of rotatable bonds is 6. The van der Waals surface area contributed by atoms with E-state index in [1.165, 1.54) is 0 Å². The Kier molecular flexibility index (Phi) is 4.49. The Labute approximate surface area is 112 Å². The molecule has 0 saturated carbocycles. The van der Waals surface area contributed by atoms with Gasteiger partial charge in [0, 0.05) is 19.5 Å². The van der Waals surface area contributed by atoms with Gasteiger partial charge in [0.15, 0.2) is 5.82 Å². The van der Waals surface area contributed by atoms with E-state index in [-0.39, 0.29) is 0 Å². The van der Waals surface area contributed by atoms with Crippen LogP contribution in [0.5, 0.6) is 0 Å². The first kappa shape index (κ1) is 13.2. The minimum atomic E-state index is 0.547. The highest BCUT2D eigenvalue weighted by Crippen LogP contribution is 2.21. The van der Waals surface area contributed by atoms with Gasteiger partial charge in [0.05, 0.1) is 4.88 Å². The Hall–Kier alpha value is -1.20. The Balaban J connectivity index is 1.93. The fourth-order valence-corrected chi connectivity index (χ4v) is 2.43. The third-order valence-corrected chi connectivity index (χ3v) is 3.59. The summed E-state index contributed by atoms with van der Waals surface area (Å²) < 4.78 is 1.89. The maximum absolute atomic E-state index is 4.60. The standard InChI is InChI=1S/C13H20N4S/c1-10(2)14-8-4-7-12-15-13(16-17(12)3)11-6-5-9-18-11/h5-6,9-10,14H,4,7-8H2,1-3H3. The molecule has 1 N–H and O–H groups in total. The lowest BCUT2D eigenvalue weighted by Crippen LogP contribution is -2.24. The van der Waals surface area contributed by atoms with E-state index >= 15 is 0 Å². The molecule has 2 aromatic rings. The highest BCUT2D eigenvalue weighted by Gasteiger charge is 2.09. The van der Waals surface area contributed by atoms with E-state index in [1.807, 2.05) is 17.8 Å². The van der Waals surface area contributed by atoms with Crippen molar-refractivity contribution in [2.24, 2.45) is 7.05 Å². The second-order valence-corrected chi connectivity index (χ2v) is 5.61. The van der Waals surface area contributed by atoms with Gasteiger partial charge in [0.25, 0.3) is 0 Å². The lowest BCUT2D eigenvalue weighted by atomic mass is 10.3. The van der Waals surface area contributed by atoms with Crippen molar-refractivity contribution in [2.45, 2.75) is 32.7 Å². The molecule has 0 amide bonds. The Bertz CT molecular complexity index is 473. The van der Waals surface area contributed by atoms with Crippen LogP contribution in [0.4, 0.5) is 0 Å². The van der Waals surface area contributed by atoms with Crippen LogP contribution in [-0.2, 0) is 13.5 Å². The van der Waals surface area contributed by atoms with E-state index in [4.69, 9.17) is 0 Å². The van der Waals surface area contributed by atoms with Crippen LogP contribution >= 0.6 is 11.3 Å². The molecule has 0 atom stereocenters. The average Bonchev–Trinajstić information content (AvgIpc) is 2.93. The molecule has 5 heteroatoms. The van der Waals surface area contributed by atoms with Gasteiger partial charge in [-0.05, 0) is 24.4 Å². The molecule has 18 heavy (non-hydrogen) atoms. The van der Waals surface area contributed by atoms with Crippen molar-refractivity contribution in [2.75, 3.05) is 6.54 Å². The summed E-state index contributed by atoms with van der Waals surface area (Å²) in [4.78, 5) is 5.74. The minimum Gasteiger partial charge on any atom is -0.315 e. The van der Waals surface area contributed by atoms with Crippen LogP contribution in [0.1, 0.15) is 26.1 Å². The molecule has 0 bridgehead atoms. The molecule has 98 valence electrons. The largest absolute Gasteiger partial charge is 0.315 e. The highest BCUT2D eigenvalue weighted by atomic mass is 32.1. The van der Waals surface area contributed by atoms with Crippen LogP contribution in [0.3, 0.4) is 0 Å². The number of nitrogens with one attached hydrogen (secondary N) is 1. The van der Waals surface area contributed by atoms with Gasteiger partial charge in [-0.15, -0.1) is 11.3 Å². The van der Waals surface area contributed by atoms with E-state index < -0.39 is 0 Å². The normalized spacial score (nSPS) is 11.3. The molecule has 2 rings (SSSR count). The molecule has 0 aliphatic carbocycles. The Morgan fingerprint density at radius 1 is 1.44 bits per heavy atom. The van der Waals surface area contributed by atoms with E-state index in [2.05, 4.69) is 40.7 Å². The van der Waals surface area contributed by atoms with Crippen LogP contribution < -0.4 is 5.32 Å². The van der Waals surface area contributed by atoms with Crippen molar-refractivity contribution in [3.8, 4) is 10.7 Å². The zero-order valence-electron chi connectivity index (χ0n) is 11.2. The summed E-state index contributed by atoms with van der Waals surface area (Å²) >= 11 is 1.68. The van der Waals surface area contributed by atoms with E-state index in [0.717, 1.165) is 35.9 Å². The second-order valence-electron chi connectivity index (χ2n) is 4.66. The molecule has 0 aliphatic rings. The summed E-state index contributed by atoms with van der Waals surface area (Å²) in [5, 5.41) is 9.93. The Morgan fingerprint density at radius 2 is 2.28 bits per heavy atom. The predicted octanol–water partition coefficient (Wildman–Crippen LogP) is 2.47. The molecule has 0 aliphatic heterocycles. The van der Waals surface area contributed by atoms with Crippen LogP contribution in [0.25, 0.3) is 10.7 Å². The van der Waals surface area contributed by atoms with Crippen LogP contribution in [0.15, 0.2) is 17.5 Å². The van der Waals surface area contributed by atoms with Crippen LogP contribution in [0.2, 0.25) is 0 Å². The van der Waals surface area contributed by atoms with E-state index in [0.29, 0.717) is 6.04 Å². The summed E-state index contributed by atoms with van der Waals surface area (Å²) in [6, 6.07) is 4.64. The molecule has 0 aromatic carbocycles. The third kappa shape index (κ3) is 3.40. The number of aryl methyl sites for hydroxylation is 2. The summed E-state index contributed by atoms with van der Waals surface area (Å²) in [5.74, 6) is 1.91. The maximum atomic E-state index is 4.60. The fourth-order valence-electron chi connectivity index (χ4n) is 1.78. The van der Waals surface area contributed by atoms with Gasteiger partial charge in [-0.2, -0.15) is 5.10 Å². The van der Waals surface area contributed by atoms with Crippen molar-refractivity contribution < 1.29 is 0 Å². The molecule has 4 nitrogen and oxygen atoms in total. The van der Waals surface area contributed by atoms with Crippen molar-refractivity contribution >= 4 is 11.3 Å². The maximum Gasteiger partial charge on any atom is 0.191 e. The van der Waals surface area contributed by atoms with Crippen molar-refractivity contribution in [3.05, 3.63) is 23.3 Å². The number of hydrogen-bond donors (Lipinski definition) is 1. The van der Waals surface area contributed by atoms with Crippen LogP contribution in [-0.4, -0.2) is 27.4 Å². The number of hydrogen-bond acceptors (Lipinski definition) is 4. The van der Waals surface area contributed by atoms with Gasteiger partial charge < -0.3 is 5.32 Å². The van der Waals surface area contributed by atoms with E-state index in [9.17, 15) is 0 Å². The van der Waals surface area contributed by atoms with Gasteiger partial charge >= 0.3 is 0 Å². The zero-order chi connectivity index (χ0) is 13.0. The van der Waals surface area contributed by atoms with Gasteiger partial charge in [0.2, 0.25) is 0 Å². The lowest BCUT2D eigenvalue weighted by Gasteiger charge is -2.06. The first-order valence-corrected chi connectivity index (χ1v) is 7.22. The predicted molar refractivity (Wildman–Crippen MR) is 75.8 cm³/mol. The summed E-state index contributed by atoms with van der Waals surface area (Å²) in [7, 11) is 1.97. The first-order valence-electron chi connectivity index (χ1n) is 6.34. The molecule has 0 spiro atoms. The van der Waals surface area contributed by atoms with Crippen molar-refractivity contribution in [3.63, 3.8) is 0 Å². The fraction of sp³-hybridized carbons (Fsp3) is 0.538. The second kappa shape index (κ2) is 6.11. The molecule has 0 radical (unpaired) electrons. The molecular weight excluding hydrogens is 244 g/mol. The zero-order valence-corrected chi connectivity index (χ0v) is 12.0.